The van der Waals surface area contributed by atoms with Gasteiger partial charge in [0.1, 0.15) is 11.5 Å². The molecule has 0 radical (unpaired) electrons. The summed E-state index contributed by atoms with van der Waals surface area (Å²) >= 11 is 0. The zero-order chi connectivity index (χ0) is 18.6. The predicted octanol–water partition coefficient (Wildman–Crippen LogP) is 1.95. The van der Waals surface area contributed by atoms with Crippen molar-refractivity contribution in [1.82, 2.24) is 9.62 Å². The number of nitrogens with zero attached hydrogens (tertiary/aromatic N) is 1. The van der Waals surface area contributed by atoms with Crippen LogP contribution < -0.4 is 9.46 Å². The Kier molecular flexibility index (Phi) is 5.98. The van der Waals surface area contributed by atoms with Crippen molar-refractivity contribution in [2.75, 3.05) is 40.0 Å². The summed E-state index contributed by atoms with van der Waals surface area (Å²) in [5.74, 6) is 1.39. The lowest BCUT2D eigenvalue weighted by atomic mass is 10.2. The second-order valence-electron chi connectivity index (χ2n) is 6.16. The molecule has 0 amide bonds. The second-order valence-corrected chi connectivity index (χ2v) is 7.93. The molecule has 0 bridgehead atoms. The molecule has 1 aromatic carbocycles. The molecule has 1 aliphatic rings. The minimum absolute atomic E-state index is 0.178. The van der Waals surface area contributed by atoms with Gasteiger partial charge >= 0.3 is 0 Å². The summed E-state index contributed by atoms with van der Waals surface area (Å²) in [5.41, 5.74) is 0.770. The molecular formula is C18H24N2O5S. The summed E-state index contributed by atoms with van der Waals surface area (Å²) in [5, 5.41) is 0. The SMILES string of the molecule is COc1ccc(S(=O)(=O)NC[C@@H](c2ccco2)N2CCOCC2)cc1C. The van der Waals surface area contributed by atoms with Crippen LogP contribution in [-0.4, -0.2) is 53.3 Å². The van der Waals surface area contributed by atoms with Crippen LogP contribution in [0.4, 0.5) is 0 Å². The first kappa shape index (κ1) is 18.9. The number of benzene rings is 1. The van der Waals surface area contributed by atoms with Crippen LogP contribution in [0.25, 0.3) is 0 Å². The van der Waals surface area contributed by atoms with Crippen molar-refractivity contribution in [3.8, 4) is 5.75 Å². The summed E-state index contributed by atoms with van der Waals surface area (Å²) in [4.78, 5) is 2.39. The Balaban J connectivity index is 1.76. The van der Waals surface area contributed by atoms with Crippen molar-refractivity contribution >= 4 is 10.0 Å². The van der Waals surface area contributed by atoms with Gasteiger partial charge < -0.3 is 13.9 Å². The number of sulfonamides is 1. The number of aryl methyl sites for hydroxylation is 1. The Bertz CT molecular complexity index is 814. The lowest BCUT2D eigenvalue weighted by Crippen LogP contribution is -2.43. The maximum Gasteiger partial charge on any atom is 0.240 e. The first-order valence-corrected chi connectivity index (χ1v) is 9.99. The quantitative estimate of drug-likeness (QED) is 0.791. The highest BCUT2D eigenvalue weighted by molar-refractivity contribution is 7.89. The molecule has 0 saturated carbocycles. The Hall–Kier alpha value is -1.87. The monoisotopic (exact) mass is 380 g/mol. The van der Waals surface area contributed by atoms with Crippen LogP contribution in [0.15, 0.2) is 45.9 Å². The molecule has 1 fully saturated rings. The van der Waals surface area contributed by atoms with Crippen LogP contribution in [0.2, 0.25) is 0 Å². The van der Waals surface area contributed by atoms with Gasteiger partial charge in [0.05, 0.1) is 37.5 Å². The minimum Gasteiger partial charge on any atom is -0.496 e. The van der Waals surface area contributed by atoms with Gasteiger partial charge in [-0.3, -0.25) is 4.90 Å². The molecule has 142 valence electrons. The lowest BCUT2D eigenvalue weighted by molar-refractivity contribution is 0.0128. The predicted molar refractivity (Wildman–Crippen MR) is 96.8 cm³/mol. The van der Waals surface area contributed by atoms with Gasteiger partial charge in [-0.25, -0.2) is 13.1 Å². The number of ether oxygens (including phenoxy) is 2. The van der Waals surface area contributed by atoms with Gasteiger partial charge in [-0.05, 0) is 42.8 Å². The van der Waals surface area contributed by atoms with E-state index in [4.69, 9.17) is 13.9 Å². The highest BCUT2D eigenvalue weighted by Crippen LogP contribution is 2.24. The Morgan fingerprint density at radius 2 is 2.04 bits per heavy atom. The van der Waals surface area contributed by atoms with E-state index >= 15 is 0 Å². The standard InChI is InChI=1S/C18H24N2O5S/c1-14-12-15(5-6-17(14)23-2)26(21,22)19-13-16(18-4-3-9-25-18)20-7-10-24-11-8-20/h3-6,9,12,16,19H,7-8,10-11,13H2,1-2H3/t16-/m0/s1. The molecule has 1 atom stereocenters. The van der Waals surface area contributed by atoms with E-state index in [9.17, 15) is 8.42 Å². The summed E-state index contributed by atoms with van der Waals surface area (Å²) in [6.07, 6.45) is 1.60. The highest BCUT2D eigenvalue weighted by atomic mass is 32.2. The zero-order valence-corrected chi connectivity index (χ0v) is 15.8. The summed E-state index contributed by atoms with van der Waals surface area (Å²) < 4.78 is 44.3. The van der Waals surface area contributed by atoms with Gasteiger partial charge in [-0.15, -0.1) is 0 Å². The van der Waals surface area contributed by atoms with Crippen molar-refractivity contribution in [3.63, 3.8) is 0 Å². The van der Waals surface area contributed by atoms with Crippen molar-refractivity contribution in [2.45, 2.75) is 17.9 Å². The number of hydrogen-bond donors (Lipinski definition) is 1. The van der Waals surface area contributed by atoms with E-state index in [2.05, 4.69) is 9.62 Å². The molecule has 0 aliphatic carbocycles. The third-order valence-corrected chi connectivity index (χ3v) is 5.92. The van der Waals surface area contributed by atoms with Gasteiger partial charge in [0.25, 0.3) is 0 Å². The third-order valence-electron chi connectivity index (χ3n) is 4.50. The number of rotatable bonds is 7. The molecule has 2 heterocycles. The van der Waals surface area contributed by atoms with Gasteiger partial charge in [0, 0.05) is 19.6 Å². The van der Waals surface area contributed by atoms with E-state index in [1.165, 1.54) is 0 Å². The van der Waals surface area contributed by atoms with Crippen LogP contribution in [0.5, 0.6) is 5.75 Å². The largest absolute Gasteiger partial charge is 0.496 e. The van der Waals surface area contributed by atoms with E-state index in [0.29, 0.717) is 19.0 Å². The first-order chi connectivity index (χ1) is 12.5. The van der Waals surface area contributed by atoms with Crippen molar-refractivity contribution in [3.05, 3.63) is 47.9 Å². The Labute approximate surface area is 153 Å². The molecule has 26 heavy (non-hydrogen) atoms. The summed E-state index contributed by atoms with van der Waals surface area (Å²) in [6.45, 7) is 4.75. The molecule has 2 aromatic rings. The normalized spacial score (nSPS) is 17.2. The summed E-state index contributed by atoms with van der Waals surface area (Å²) in [7, 11) is -2.08. The van der Waals surface area contributed by atoms with E-state index in [-0.39, 0.29) is 17.5 Å². The maximum atomic E-state index is 12.7. The smallest absolute Gasteiger partial charge is 0.240 e. The maximum absolute atomic E-state index is 12.7. The second kappa shape index (κ2) is 8.22. The van der Waals surface area contributed by atoms with Crippen molar-refractivity contribution in [2.24, 2.45) is 0 Å². The Morgan fingerprint density at radius 3 is 2.65 bits per heavy atom. The molecule has 7 nitrogen and oxygen atoms in total. The van der Waals surface area contributed by atoms with Crippen molar-refractivity contribution < 1.29 is 22.3 Å². The van der Waals surface area contributed by atoms with Crippen LogP contribution in [0.3, 0.4) is 0 Å². The molecule has 3 rings (SSSR count). The van der Waals surface area contributed by atoms with E-state index in [0.717, 1.165) is 24.4 Å². The molecule has 0 spiro atoms. The fourth-order valence-electron chi connectivity index (χ4n) is 3.07. The molecule has 1 N–H and O–H groups in total. The highest BCUT2D eigenvalue weighted by Gasteiger charge is 2.27. The zero-order valence-electron chi connectivity index (χ0n) is 15.0. The molecule has 0 unspecified atom stereocenters. The number of nitrogens with one attached hydrogen (secondary N) is 1. The molecular weight excluding hydrogens is 356 g/mol. The topological polar surface area (TPSA) is 81.0 Å². The number of morpholine rings is 1. The van der Waals surface area contributed by atoms with Gasteiger partial charge in [0.2, 0.25) is 10.0 Å². The van der Waals surface area contributed by atoms with E-state index in [1.807, 2.05) is 19.1 Å². The first-order valence-electron chi connectivity index (χ1n) is 8.51. The van der Waals surface area contributed by atoms with Crippen LogP contribution in [0.1, 0.15) is 17.4 Å². The fourth-order valence-corrected chi connectivity index (χ4v) is 4.19. The van der Waals surface area contributed by atoms with Gasteiger partial charge in [0.15, 0.2) is 0 Å². The number of methoxy groups -OCH3 is 1. The fraction of sp³-hybridized carbons (Fsp3) is 0.444. The van der Waals surface area contributed by atoms with Crippen LogP contribution in [0, 0.1) is 6.92 Å². The minimum atomic E-state index is -3.64. The molecule has 1 aliphatic heterocycles. The molecule has 1 saturated heterocycles. The number of hydrogen-bond acceptors (Lipinski definition) is 6. The third kappa shape index (κ3) is 4.27. The Morgan fingerprint density at radius 1 is 1.27 bits per heavy atom. The average molecular weight is 380 g/mol. The van der Waals surface area contributed by atoms with Crippen molar-refractivity contribution in [1.29, 1.82) is 0 Å². The number of furan rings is 1. The van der Waals surface area contributed by atoms with Gasteiger partial charge in [-0.2, -0.15) is 0 Å². The molecule has 1 aromatic heterocycles. The lowest BCUT2D eigenvalue weighted by Gasteiger charge is -2.33. The van der Waals surface area contributed by atoms with Crippen LogP contribution >= 0.6 is 0 Å². The molecule has 8 heteroatoms. The van der Waals surface area contributed by atoms with Crippen LogP contribution in [-0.2, 0) is 14.8 Å². The average Bonchev–Trinajstić information content (AvgIpc) is 3.17. The van der Waals surface area contributed by atoms with E-state index < -0.39 is 10.0 Å². The summed E-state index contributed by atoms with van der Waals surface area (Å²) in [6, 6.07) is 8.32. The van der Waals surface area contributed by atoms with E-state index in [1.54, 1.807) is 31.6 Å². The van der Waals surface area contributed by atoms with Gasteiger partial charge in [-0.1, -0.05) is 0 Å².